The quantitative estimate of drug-likeness (QED) is 0.903. The van der Waals surface area contributed by atoms with Crippen LogP contribution in [0.2, 0.25) is 0 Å². The second-order valence-corrected chi connectivity index (χ2v) is 5.57. The van der Waals surface area contributed by atoms with Gasteiger partial charge in [-0.1, -0.05) is 6.07 Å². The maximum absolute atomic E-state index is 13.6. The van der Waals surface area contributed by atoms with Crippen LogP contribution in [0.1, 0.15) is 31.4 Å². The Hall–Kier alpha value is -1.00. The molecule has 2 nitrogen and oxygen atoms in total. The van der Waals surface area contributed by atoms with E-state index in [0.29, 0.717) is 11.5 Å². The minimum absolute atomic E-state index is 0.0900. The van der Waals surface area contributed by atoms with Crippen LogP contribution in [-0.2, 0) is 0 Å². The van der Waals surface area contributed by atoms with Crippen molar-refractivity contribution < 1.29 is 8.78 Å². The minimum atomic E-state index is -0.526. The number of halogens is 2. The largest absolute Gasteiger partial charge is 0.310 e. The number of hydrogen-bond acceptors (Lipinski definition) is 2. The molecule has 1 fully saturated rings. The van der Waals surface area contributed by atoms with E-state index in [-0.39, 0.29) is 6.04 Å². The summed E-state index contributed by atoms with van der Waals surface area (Å²) in [6, 6.07) is 3.69. The maximum atomic E-state index is 13.6. The molecule has 2 atom stereocenters. The molecule has 0 aromatic heterocycles. The summed E-state index contributed by atoms with van der Waals surface area (Å²) in [6.45, 7) is 5.05. The molecule has 1 N–H and O–H groups in total. The highest BCUT2D eigenvalue weighted by molar-refractivity contribution is 5.21. The second kappa shape index (κ2) is 6.44. The zero-order valence-electron chi connectivity index (χ0n) is 11.6. The molecule has 2 rings (SSSR count). The highest BCUT2D eigenvalue weighted by Gasteiger charge is 2.18. The minimum Gasteiger partial charge on any atom is -0.310 e. The Morgan fingerprint density at radius 1 is 1.42 bits per heavy atom. The molecule has 1 aromatic rings. The number of hydrogen-bond donors (Lipinski definition) is 1. The number of piperidine rings is 1. The summed E-state index contributed by atoms with van der Waals surface area (Å²) in [7, 11) is 2.13. The number of nitrogens with zero attached hydrogens (tertiary/aromatic N) is 1. The molecular weight excluding hydrogens is 246 g/mol. The summed E-state index contributed by atoms with van der Waals surface area (Å²) < 4.78 is 26.5. The average Bonchev–Trinajstić information content (AvgIpc) is 2.36. The SMILES string of the molecule is CC(NCC1CCCN(C)C1)c1ccc(F)cc1F. The van der Waals surface area contributed by atoms with Gasteiger partial charge in [0.2, 0.25) is 0 Å². The van der Waals surface area contributed by atoms with Gasteiger partial charge in [0.05, 0.1) is 0 Å². The van der Waals surface area contributed by atoms with Gasteiger partial charge in [-0.25, -0.2) is 8.78 Å². The molecule has 1 heterocycles. The van der Waals surface area contributed by atoms with Gasteiger partial charge < -0.3 is 10.2 Å². The molecular formula is C15H22F2N2. The molecule has 0 saturated carbocycles. The monoisotopic (exact) mass is 268 g/mol. The van der Waals surface area contributed by atoms with E-state index in [1.807, 2.05) is 6.92 Å². The maximum Gasteiger partial charge on any atom is 0.130 e. The summed E-state index contributed by atoms with van der Waals surface area (Å²) in [6.07, 6.45) is 2.44. The van der Waals surface area contributed by atoms with E-state index in [2.05, 4.69) is 17.3 Å². The van der Waals surface area contributed by atoms with Crippen LogP contribution in [0.25, 0.3) is 0 Å². The lowest BCUT2D eigenvalue weighted by Crippen LogP contribution is -2.38. The Balaban J connectivity index is 1.88. The Kier molecular flexibility index (Phi) is 4.88. The smallest absolute Gasteiger partial charge is 0.130 e. The van der Waals surface area contributed by atoms with E-state index in [0.717, 1.165) is 19.2 Å². The van der Waals surface area contributed by atoms with E-state index in [1.54, 1.807) is 0 Å². The molecule has 2 unspecified atom stereocenters. The van der Waals surface area contributed by atoms with Crippen LogP contribution in [0.15, 0.2) is 18.2 Å². The molecule has 4 heteroatoms. The van der Waals surface area contributed by atoms with Crippen molar-refractivity contribution in [2.45, 2.75) is 25.8 Å². The third kappa shape index (κ3) is 3.98. The van der Waals surface area contributed by atoms with Crippen LogP contribution in [0.3, 0.4) is 0 Å². The third-order valence-corrected chi connectivity index (χ3v) is 3.86. The molecule has 106 valence electrons. The van der Waals surface area contributed by atoms with Crippen molar-refractivity contribution in [3.8, 4) is 0 Å². The van der Waals surface area contributed by atoms with Gasteiger partial charge in [-0.15, -0.1) is 0 Å². The molecule has 1 aliphatic rings. The number of rotatable bonds is 4. The Morgan fingerprint density at radius 2 is 2.21 bits per heavy atom. The molecule has 0 amide bonds. The molecule has 0 spiro atoms. The van der Waals surface area contributed by atoms with Crippen molar-refractivity contribution in [3.63, 3.8) is 0 Å². The lowest BCUT2D eigenvalue weighted by atomic mass is 9.97. The lowest BCUT2D eigenvalue weighted by molar-refractivity contribution is 0.203. The van der Waals surface area contributed by atoms with Gasteiger partial charge in [-0.2, -0.15) is 0 Å². The van der Waals surface area contributed by atoms with E-state index in [4.69, 9.17) is 0 Å². The standard InChI is InChI=1S/C15H22F2N2/c1-11(14-6-5-13(16)8-15(14)17)18-9-12-4-3-7-19(2)10-12/h5-6,8,11-12,18H,3-4,7,9-10H2,1-2H3. The second-order valence-electron chi connectivity index (χ2n) is 5.57. The fourth-order valence-electron chi connectivity index (χ4n) is 2.75. The van der Waals surface area contributed by atoms with E-state index in [1.165, 1.54) is 31.5 Å². The molecule has 19 heavy (non-hydrogen) atoms. The molecule has 0 aliphatic carbocycles. The molecule has 1 aliphatic heterocycles. The van der Waals surface area contributed by atoms with Crippen molar-refractivity contribution >= 4 is 0 Å². The highest BCUT2D eigenvalue weighted by Crippen LogP contribution is 2.19. The summed E-state index contributed by atoms with van der Waals surface area (Å²) >= 11 is 0. The van der Waals surface area contributed by atoms with Crippen LogP contribution in [-0.4, -0.2) is 31.6 Å². The first-order valence-electron chi connectivity index (χ1n) is 6.93. The van der Waals surface area contributed by atoms with Gasteiger partial charge in [0.25, 0.3) is 0 Å². The van der Waals surface area contributed by atoms with Crippen LogP contribution < -0.4 is 5.32 Å². The van der Waals surface area contributed by atoms with Crippen molar-refractivity contribution in [1.29, 1.82) is 0 Å². The fraction of sp³-hybridized carbons (Fsp3) is 0.600. The van der Waals surface area contributed by atoms with Crippen LogP contribution in [0, 0.1) is 17.6 Å². The van der Waals surface area contributed by atoms with Crippen molar-refractivity contribution in [2.24, 2.45) is 5.92 Å². The normalized spacial score (nSPS) is 22.4. The Labute approximate surface area is 113 Å². The zero-order valence-corrected chi connectivity index (χ0v) is 11.6. The topological polar surface area (TPSA) is 15.3 Å². The zero-order chi connectivity index (χ0) is 13.8. The predicted octanol–water partition coefficient (Wildman–Crippen LogP) is 2.96. The van der Waals surface area contributed by atoms with Gasteiger partial charge in [0.1, 0.15) is 11.6 Å². The number of nitrogens with one attached hydrogen (secondary N) is 1. The highest BCUT2D eigenvalue weighted by atomic mass is 19.1. The Morgan fingerprint density at radius 3 is 2.89 bits per heavy atom. The summed E-state index contributed by atoms with van der Waals surface area (Å²) in [5.41, 5.74) is 0.533. The van der Waals surface area contributed by atoms with Gasteiger partial charge in [-0.05, 0) is 51.9 Å². The first kappa shape index (κ1) is 14.4. The van der Waals surface area contributed by atoms with Crippen molar-refractivity contribution in [1.82, 2.24) is 10.2 Å². The molecule has 1 aromatic carbocycles. The number of likely N-dealkylation sites (tertiary alicyclic amines) is 1. The fourth-order valence-corrected chi connectivity index (χ4v) is 2.75. The van der Waals surface area contributed by atoms with Gasteiger partial charge >= 0.3 is 0 Å². The van der Waals surface area contributed by atoms with Gasteiger partial charge in [-0.3, -0.25) is 0 Å². The van der Waals surface area contributed by atoms with Crippen molar-refractivity contribution in [3.05, 3.63) is 35.4 Å². The van der Waals surface area contributed by atoms with Crippen LogP contribution in [0.4, 0.5) is 8.78 Å². The van der Waals surface area contributed by atoms with Crippen molar-refractivity contribution in [2.75, 3.05) is 26.7 Å². The first-order chi connectivity index (χ1) is 9.06. The van der Waals surface area contributed by atoms with E-state index >= 15 is 0 Å². The van der Waals surface area contributed by atoms with Crippen LogP contribution >= 0.6 is 0 Å². The summed E-state index contributed by atoms with van der Waals surface area (Å²) in [5.74, 6) is -0.382. The Bertz CT molecular complexity index is 423. The van der Waals surface area contributed by atoms with Gasteiger partial charge in [0, 0.05) is 24.2 Å². The molecule has 1 saturated heterocycles. The lowest BCUT2D eigenvalue weighted by Gasteiger charge is -2.30. The molecule has 0 radical (unpaired) electrons. The predicted molar refractivity (Wildman–Crippen MR) is 73.0 cm³/mol. The third-order valence-electron chi connectivity index (χ3n) is 3.86. The van der Waals surface area contributed by atoms with Crippen LogP contribution in [0.5, 0.6) is 0 Å². The van der Waals surface area contributed by atoms with E-state index < -0.39 is 11.6 Å². The number of benzene rings is 1. The first-order valence-corrected chi connectivity index (χ1v) is 6.93. The van der Waals surface area contributed by atoms with Gasteiger partial charge in [0.15, 0.2) is 0 Å². The summed E-state index contributed by atoms with van der Waals surface area (Å²) in [4.78, 5) is 2.33. The summed E-state index contributed by atoms with van der Waals surface area (Å²) in [5, 5.41) is 3.36. The molecule has 0 bridgehead atoms. The average molecular weight is 268 g/mol. The van der Waals surface area contributed by atoms with E-state index in [9.17, 15) is 8.78 Å².